The van der Waals surface area contributed by atoms with Crippen LogP contribution in [-0.2, 0) is 21.1 Å². The molecule has 0 fully saturated rings. The zero-order valence-corrected chi connectivity index (χ0v) is 28.1. The quantitative estimate of drug-likeness (QED) is 0.162. The van der Waals surface area contributed by atoms with E-state index in [1.165, 1.54) is 16.5 Å². The van der Waals surface area contributed by atoms with E-state index in [4.69, 9.17) is 4.98 Å². The van der Waals surface area contributed by atoms with Crippen LogP contribution in [0.5, 0.6) is 0 Å². The fraction of sp³-hybridized carbons (Fsp3) is 0. The molecular formula is C42H25N3PtS. The van der Waals surface area contributed by atoms with Crippen molar-refractivity contribution in [2.45, 2.75) is 0 Å². The van der Waals surface area contributed by atoms with E-state index in [0.717, 1.165) is 65.3 Å². The molecule has 0 radical (unpaired) electrons. The van der Waals surface area contributed by atoms with Gasteiger partial charge in [0, 0.05) is 21.4 Å². The second-order valence-corrected chi connectivity index (χ2v) is 12.3. The smallest absolute Gasteiger partial charge is 0.346 e. The van der Waals surface area contributed by atoms with Gasteiger partial charge in [-0.15, -0.1) is 47.5 Å². The van der Waals surface area contributed by atoms with Crippen molar-refractivity contribution in [1.29, 1.82) is 0 Å². The van der Waals surface area contributed by atoms with Gasteiger partial charge in [0.15, 0.2) is 0 Å². The Morgan fingerprint density at radius 3 is 2.17 bits per heavy atom. The van der Waals surface area contributed by atoms with Crippen molar-refractivity contribution in [3.8, 4) is 49.8 Å². The van der Waals surface area contributed by atoms with Crippen LogP contribution >= 0.6 is 11.3 Å². The average molecular weight is 799 g/mol. The van der Waals surface area contributed by atoms with Gasteiger partial charge in [-0.05, 0) is 57.7 Å². The van der Waals surface area contributed by atoms with Crippen LogP contribution in [0.1, 0.15) is 0 Å². The maximum atomic E-state index is 5.11. The van der Waals surface area contributed by atoms with Crippen molar-refractivity contribution in [3.63, 3.8) is 0 Å². The van der Waals surface area contributed by atoms with Crippen LogP contribution in [0.4, 0.5) is 0 Å². The van der Waals surface area contributed by atoms with Gasteiger partial charge in [-0.25, -0.2) is 0 Å². The molecule has 6 aromatic carbocycles. The second kappa shape index (κ2) is 12.2. The number of para-hydroxylation sites is 2. The third-order valence-corrected chi connectivity index (χ3v) is 9.54. The number of fused-ring (bicyclic) bond motifs is 4. The van der Waals surface area contributed by atoms with Crippen LogP contribution in [0.15, 0.2) is 152 Å². The number of hydrogen-bond acceptors (Lipinski definition) is 3. The summed E-state index contributed by atoms with van der Waals surface area (Å²) >= 11 is 1.71. The van der Waals surface area contributed by atoms with Crippen molar-refractivity contribution in [2.24, 2.45) is 0 Å². The molecule has 0 aliphatic carbocycles. The van der Waals surface area contributed by atoms with Crippen LogP contribution < -0.4 is 0 Å². The molecule has 0 N–H and O–H groups in total. The van der Waals surface area contributed by atoms with Gasteiger partial charge in [0.05, 0.1) is 5.52 Å². The molecule has 0 bridgehead atoms. The predicted molar refractivity (Wildman–Crippen MR) is 191 cm³/mol. The summed E-state index contributed by atoms with van der Waals surface area (Å²) in [5.74, 6) is 0. The molecule has 3 heterocycles. The van der Waals surface area contributed by atoms with Gasteiger partial charge in [-0.1, -0.05) is 114 Å². The number of thiazole rings is 1. The van der Waals surface area contributed by atoms with Crippen LogP contribution in [0, 0.1) is 12.1 Å². The number of pyridine rings is 1. The molecule has 0 amide bonds. The first-order valence-electron chi connectivity index (χ1n) is 15.3. The Hall–Kier alpha value is -5.15. The molecule has 5 heteroatoms. The summed E-state index contributed by atoms with van der Waals surface area (Å²) in [6, 6.07) is 58.4. The Kier molecular flexibility index (Phi) is 7.61. The van der Waals surface area contributed by atoms with E-state index in [9.17, 15) is 0 Å². The van der Waals surface area contributed by atoms with E-state index in [-0.39, 0.29) is 21.1 Å². The van der Waals surface area contributed by atoms with Crippen molar-refractivity contribution in [1.82, 2.24) is 14.5 Å². The van der Waals surface area contributed by atoms with Gasteiger partial charge in [-0.3, -0.25) is 4.98 Å². The molecule has 3 aromatic heterocycles. The Balaban J connectivity index is 0.00000324. The topological polar surface area (TPSA) is 30.7 Å². The molecule has 9 aromatic rings. The van der Waals surface area contributed by atoms with Crippen LogP contribution in [0.25, 0.3) is 81.8 Å². The van der Waals surface area contributed by atoms with Crippen molar-refractivity contribution >= 4 is 43.4 Å². The third-order valence-electron chi connectivity index (χ3n) is 8.49. The summed E-state index contributed by atoms with van der Waals surface area (Å²) in [7, 11) is 0. The molecule has 9 rings (SSSR count). The van der Waals surface area contributed by atoms with Crippen molar-refractivity contribution in [2.75, 3.05) is 0 Å². The summed E-state index contributed by atoms with van der Waals surface area (Å²) in [5.41, 5.74) is 11.5. The van der Waals surface area contributed by atoms with E-state index < -0.39 is 0 Å². The van der Waals surface area contributed by atoms with Crippen molar-refractivity contribution < 1.29 is 21.1 Å². The SMILES string of the molecule is [Pt+2].[c-]1c(-c2ccccn2)cccc1-n1c2[c-]c(-c3nc4ccccc4s3)c(-c3ccc(-c4ccccc4)cc3)cc2c2ccccc21. The molecule has 0 aliphatic rings. The standard InChI is InChI=1S/C42H25N3S.Pt/c1-2-11-28(12-3-1)29-20-22-30(23-21-29)34-26-35-33-15-4-6-18-39(33)45(32-14-10-13-31(25-32)37-16-8-9-24-43-37)40(35)27-36(34)42-44-38-17-5-7-19-41(38)46-42;/h1-24,26H;/q-2;+2. The van der Waals surface area contributed by atoms with Crippen molar-refractivity contribution in [3.05, 3.63) is 164 Å². The molecule has 47 heavy (non-hydrogen) atoms. The summed E-state index contributed by atoms with van der Waals surface area (Å²) in [6.07, 6.45) is 1.82. The minimum atomic E-state index is 0. The van der Waals surface area contributed by atoms with Gasteiger partial charge in [-0.2, -0.15) is 11.3 Å². The van der Waals surface area contributed by atoms with E-state index >= 15 is 0 Å². The number of rotatable bonds is 5. The normalized spacial score (nSPS) is 11.2. The fourth-order valence-electron chi connectivity index (χ4n) is 6.29. The van der Waals surface area contributed by atoms with Crippen LogP contribution in [0.2, 0.25) is 0 Å². The largest absolute Gasteiger partial charge is 2.00 e. The Labute approximate surface area is 291 Å². The number of nitrogens with zero attached hydrogens (tertiary/aromatic N) is 3. The van der Waals surface area contributed by atoms with E-state index in [1.54, 1.807) is 11.3 Å². The molecular weight excluding hydrogens is 774 g/mol. The zero-order valence-electron chi connectivity index (χ0n) is 25.0. The summed E-state index contributed by atoms with van der Waals surface area (Å²) in [6.45, 7) is 0. The maximum absolute atomic E-state index is 5.11. The molecule has 3 nitrogen and oxygen atoms in total. The first kappa shape index (κ1) is 29.3. The molecule has 0 saturated carbocycles. The van der Waals surface area contributed by atoms with E-state index in [1.807, 2.05) is 30.5 Å². The summed E-state index contributed by atoms with van der Waals surface area (Å²) in [5, 5.41) is 3.26. The molecule has 0 unspecified atom stereocenters. The van der Waals surface area contributed by atoms with Gasteiger partial charge >= 0.3 is 21.1 Å². The Morgan fingerprint density at radius 2 is 1.34 bits per heavy atom. The minimum Gasteiger partial charge on any atom is -0.346 e. The first-order chi connectivity index (χ1) is 22.8. The molecule has 0 atom stereocenters. The Morgan fingerprint density at radius 1 is 0.596 bits per heavy atom. The van der Waals surface area contributed by atoms with Crippen LogP contribution in [0.3, 0.4) is 0 Å². The van der Waals surface area contributed by atoms with Gasteiger partial charge in [0.1, 0.15) is 0 Å². The van der Waals surface area contributed by atoms with E-state index in [0.29, 0.717) is 0 Å². The zero-order chi connectivity index (χ0) is 30.5. The van der Waals surface area contributed by atoms with Gasteiger partial charge in [0.2, 0.25) is 0 Å². The van der Waals surface area contributed by atoms with Crippen LogP contribution in [-0.4, -0.2) is 14.5 Å². The predicted octanol–water partition coefficient (Wildman–Crippen LogP) is 11.1. The third kappa shape index (κ3) is 5.20. The summed E-state index contributed by atoms with van der Waals surface area (Å²) in [4.78, 5) is 9.70. The van der Waals surface area contributed by atoms with E-state index in [2.05, 4.69) is 143 Å². The minimum absolute atomic E-state index is 0. The number of hydrogen-bond donors (Lipinski definition) is 0. The average Bonchev–Trinajstić information content (AvgIpc) is 3.71. The fourth-order valence-corrected chi connectivity index (χ4v) is 7.27. The van der Waals surface area contributed by atoms with Gasteiger partial charge in [0.25, 0.3) is 0 Å². The number of aromatic nitrogens is 3. The molecule has 0 aliphatic heterocycles. The molecule has 0 spiro atoms. The maximum Gasteiger partial charge on any atom is 2.00 e. The second-order valence-electron chi connectivity index (χ2n) is 11.3. The number of benzene rings is 6. The van der Waals surface area contributed by atoms with Gasteiger partial charge < -0.3 is 9.55 Å². The first-order valence-corrected chi connectivity index (χ1v) is 16.1. The molecule has 0 saturated heterocycles. The monoisotopic (exact) mass is 798 g/mol. The summed E-state index contributed by atoms with van der Waals surface area (Å²) < 4.78 is 3.43. The molecule has 224 valence electrons. The Bertz CT molecular complexity index is 2480.